The third kappa shape index (κ3) is 4.21. The summed E-state index contributed by atoms with van der Waals surface area (Å²) in [4.78, 5) is 0. The maximum absolute atomic E-state index is 11.7. The number of hydrogen-bond donors (Lipinski definition) is 2. The molecule has 0 unspecified atom stereocenters. The van der Waals surface area contributed by atoms with Crippen LogP contribution in [0.3, 0.4) is 0 Å². The molecule has 1 aliphatic heterocycles. The fourth-order valence-corrected chi connectivity index (χ4v) is 3.31. The van der Waals surface area contributed by atoms with Gasteiger partial charge >= 0.3 is 0 Å². The first-order valence-electron chi connectivity index (χ1n) is 8.94. The van der Waals surface area contributed by atoms with E-state index in [0.29, 0.717) is 19.6 Å². The molecule has 2 aromatic rings. The number of nitrogens with one attached hydrogen (secondary N) is 1. The summed E-state index contributed by atoms with van der Waals surface area (Å²) in [6.45, 7) is 6.06. The Morgan fingerprint density at radius 3 is 2.56 bits per heavy atom. The molecule has 0 amide bonds. The molecule has 1 fully saturated rings. The van der Waals surface area contributed by atoms with Gasteiger partial charge in [-0.2, -0.15) is 0 Å². The third-order valence-corrected chi connectivity index (χ3v) is 4.53. The van der Waals surface area contributed by atoms with Crippen LogP contribution in [-0.2, 0) is 16.8 Å². The second kappa shape index (κ2) is 8.00. The highest BCUT2D eigenvalue weighted by Crippen LogP contribution is 2.35. The zero-order valence-electron chi connectivity index (χ0n) is 14.9. The van der Waals surface area contributed by atoms with Crippen molar-refractivity contribution >= 4 is 0 Å². The zero-order valence-corrected chi connectivity index (χ0v) is 14.9. The van der Waals surface area contributed by atoms with Gasteiger partial charge in [0.1, 0.15) is 17.5 Å². The van der Waals surface area contributed by atoms with Crippen molar-refractivity contribution in [3.05, 3.63) is 65.7 Å². The molecule has 4 nitrogen and oxygen atoms in total. The van der Waals surface area contributed by atoms with Crippen LogP contribution >= 0.6 is 0 Å². The Morgan fingerprint density at radius 2 is 1.88 bits per heavy atom. The Morgan fingerprint density at radius 1 is 1.16 bits per heavy atom. The van der Waals surface area contributed by atoms with Crippen LogP contribution < -0.4 is 10.1 Å². The van der Waals surface area contributed by atoms with E-state index in [2.05, 4.69) is 5.32 Å². The van der Waals surface area contributed by atoms with Gasteiger partial charge < -0.3 is 19.9 Å². The number of morpholine rings is 1. The highest BCUT2D eigenvalue weighted by Gasteiger charge is 2.41. The second-order valence-electron chi connectivity index (χ2n) is 6.80. The van der Waals surface area contributed by atoms with Crippen molar-refractivity contribution in [2.24, 2.45) is 0 Å². The monoisotopic (exact) mass is 341 g/mol. The van der Waals surface area contributed by atoms with Crippen LogP contribution in [-0.4, -0.2) is 37.0 Å². The van der Waals surface area contributed by atoms with E-state index in [1.165, 1.54) is 0 Å². The molecular formula is C21H27NO3. The number of hydrogen-bond acceptors (Lipinski definition) is 4. The maximum Gasteiger partial charge on any atom is 0.122 e. The zero-order chi connectivity index (χ0) is 17.7. The third-order valence-electron chi connectivity index (χ3n) is 4.53. The van der Waals surface area contributed by atoms with E-state index < -0.39 is 5.60 Å². The minimum absolute atomic E-state index is 0.0820. The van der Waals surface area contributed by atoms with Crippen molar-refractivity contribution in [1.29, 1.82) is 0 Å². The van der Waals surface area contributed by atoms with Crippen LogP contribution in [0.25, 0.3) is 0 Å². The normalized spacial score (nSPS) is 20.2. The predicted octanol–water partition coefficient (Wildman–Crippen LogP) is 2.89. The Balaban J connectivity index is 1.96. The van der Waals surface area contributed by atoms with Gasteiger partial charge in [0.2, 0.25) is 0 Å². The quantitative estimate of drug-likeness (QED) is 0.848. The molecule has 0 radical (unpaired) electrons. The summed E-state index contributed by atoms with van der Waals surface area (Å²) in [6.07, 6.45) is 0.209. The molecule has 25 heavy (non-hydrogen) atoms. The van der Waals surface area contributed by atoms with Crippen molar-refractivity contribution in [2.45, 2.75) is 38.1 Å². The first kappa shape index (κ1) is 17.9. The smallest absolute Gasteiger partial charge is 0.122 e. The van der Waals surface area contributed by atoms with E-state index >= 15 is 0 Å². The molecule has 2 atom stereocenters. The lowest BCUT2D eigenvalue weighted by molar-refractivity contribution is -0.124. The van der Waals surface area contributed by atoms with Gasteiger partial charge in [0.05, 0.1) is 12.7 Å². The van der Waals surface area contributed by atoms with E-state index in [-0.39, 0.29) is 12.2 Å². The highest BCUT2D eigenvalue weighted by molar-refractivity contribution is 5.37. The molecule has 0 saturated carbocycles. The van der Waals surface area contributed by atoms with Crippen molar-refractivity contribution in [3.8, 4) is 5.75 Å². The molecule has 0 aliphatic carbocycles. The minimum Gasteiger partial charge on any atom is -0.491 e. The van der Waals surface area contributed by atoms with Gasteiger partial charge in [-0.25, -0.2) is 0 Å². The van der Waals surface area contributed by atoms with Crippen LogP contribution in [0, 0.1) is 0 Å². The van der Waals surface area contributed by atoms with E-state index in [1.54, 1.807) is 0 Å². The van der Waals surface area contributed by atoms with E-state index in [1.807, 2.05) is 68.4 Å². The Hall–Kier alpha value is -1.88. The van der Waals surface area contributed by atoms with Gasteiger partial charge in [0.15, 0.2) is 0 Å². The van der Waals surface area contributed by atoms with Gasteiger partial charge in [0.25, 0.3) is 0 Å². The van der Waals surface area contributed by atoms with E-state index in [4.69, 9.17) is 9.47 Å². The number of benzene rings is 2. The summed E-state index contributed by atoms with van der Waals surface area (Å²) < 4.78 is 11.9. The molecule has 134 valence electrons. The summed E-state index contributed by atoms with van der Waals surface area (Å²) in [5.41, 5.74) is 0.727. The Labute approximate surface area is 149 Å². The molecular weight excluding hydrogens is 314 g/mol. The van der Waals surface area contributed by atoms with Gasteiger partial charge in [-0.15, -0.1) is 0 Å². The number of aliphatic hydroxyl groups is 1. The molecule has 0 aromatic heterocycles. The van der Waals surface area contributed by atoms with Crippen LogP contribution in [0.1, 0.15) is 25.0 Å². The fraction of sp³-hybridized carbons (Fsp3) is 0.429. The summed E-state index contributed by atoms with van der Waals surface area (Å²) in [5.74, 6) is 0.815. The number of ether oxygens (including phenoxy) is 2. The first-order chi connectivity index (χ1) is 12.1. The average Bonchev–Trinajstić information content (AvgIpc) is 2.64. The molecule has 2 aromatic carbocycles. The summed E-state index contributed by atoms with van der Waals surface area (Å²) in [7, 11) is 0. The minimum atomic E-state index is -1.12. The lowest BCUT2D eigenvalue weighted by Crippen LogP contribution is -2.52. The number of rotatable bonds is 6. The SMILES string of the molecule is CC(C)Oc1ccccc1C[C@@](O)(c1ccccc1)[C@H]1CNCCO1. The largest absolute Gasteiger partial charge is 0.491 e. The predicted molar refractivity (Wildman–Crippen MR) is 98.9 cm³/mol. The van der Waals surface area contributed by atoms with Crippen LogP contribution in [0.5, 0.6) is 5.75 Å². The Kier molecular flexibility index (Phi) is 5.74. The van der Waals surface area contributed by atoms with Crippen molar-refractivity contribution < 1.29 is 14.6 Å². The molecule has 0 spiro atoms. The summed E-state index contributed by atoms with van der Waals surface area (Å²) in [6, 6.07) is 17.7. The molecule has 1 saturated heterocycles. The van der Waals surface area contributed by atoms with E-state index in [9.17, 15) is 5.11 Å². The van der Waals surface area contributed by atoms with Crippen molar-refractivity contribution in [1.82, 2.24) is 5.32 Å². The van der Waals surface area contributed by atoms with Crippen LogP contribution in [0.4, 0.5) is 0 Å². The molecule has 3 rings (SSSR count). The second-order valence-corrected chi connectivity index (χ2v) is 6.80. The van der Waals surface area contributed by atoms with Crippen LogP contribution in [0.2, 0.25) is 0 Å². The summed E-state index contributed by atoms with van der Waals surface area (Å²) >= 11 is 0. The van der Waals surface area contributed by atoms with Gasteiger partial charge in [0, 0.05) is 19.5 Å². The lowest BCUT2D eigenvalue weighted by atomic mass is 9.81. The highest BCUT2D eigenvalue weighted by atomic mass is 16.5. The lowest BCUT2D eigenvalue weighted by Gasteiger charge is -2.39. The van der Waals surface area contributed by atoms with Gasteiger partial charge in [-0.3, -0.25) is 0 Å². The van der Waals surface area contributed by atoms with Crippen molar-refractivity contribution in [3.63, 3.8) is 0 Å². The Bertz CT molecular complexity index is 668. The van der Waals surface area contributed by atoms with Crippen LogP contribution in [0.15, 0.2) is 54.6 Å². The topological polar surface area (TPSA) is 50.7 Å². The summed E-state index contributed by atoms with van der Waals surface area (Å²) in [5, 5.41) is 15.0. The molecule has 1 heterocycles. The van der Waals surface area contributed by atoms with Crippen molar-refractivity contribution in [2.75, 3.05) is 19.7 Å². The molecule has 2 N–H and O–H groups in total. The molecule has 1 aliphatic rings. The first-order valence-corrected chi connectivity index (χ1v) is 8.94. The standard InChI is InChI=1S/C21H27NO3/c1-16(2)25-19-11-7-6-8-17(19)14-21(23,18-9-4-3-5-10-18)20-15-22-12-13-24-20/h3-11,16,20,22-23H,12-15H2,1-2H3/t20-,21-/m1/s1. The number of para-hydroxylation sites is 1. The molecule has 0 bridgehead atoms. The van der Waals surface area contributed by atoms with Gasteiger partial charge in [-0.1, -0.05) is 48.5 Å². The fourth-order valence-electron chi connectivity index (χ4n) is 3.31. The van der Waals surface area contributed by atoms with E-state index in [0.717, 1.165) is 23.4 Å². The average molecular weight is 341 g/mol. The maximum atomic E-state index is 11.7. The van der Waals surface area contributed by atoms with Gasteiger partial charge in [-0.05, 0) is 31.0 Å². The molecule has 4 heteroatoms.